The molecule has 0 saturated carbocycles. The topological polar surface area (TPSA) is 61.2 Å². The number of hydrogen-bond acceptors (Lipinski definition) is 5. The Bertz CT molecular complexity index is 630. The van der Waals surface area contributed by atoms with Crippen molar-refractivity contribution in [1.82, 2.24) is 9.88 Å². The molecule has 0 amide bonds. The zero-order valence-corrected chi connectivity index (χ0v) is 15.6. The summed E-state index contributed by atoms with van der Waals surface area (Å²) in [4.78, 5) is 7.30. The predicted octanol–water partition coefficient (Wildman–Crippen LogP) is 2.77. The van der Waals surface area contributed by atoms with Crippen molar-refractivity contribution in [3.8, 4) is 6.07 Å². The van der Waals surface area contributed by atoms with Gasteiger partial charge in [0.2, 0.25) is 0 Å². The Morgan fingerprint density at radius 3 is 2.60 bits per heavy atom. The molecule has 2 aliphatic rings. The highest BCUT2D eigenvalue weighted by molar-refractivity contribution is 5.60. The Hall–Kier alpha value is -1.64. The molecule has 1 aliphatic heterocycles. The monoisotopic (exact) mass is 342 g/mol. The van der Waals surface area contributed by atoms with Crippen LogP contribution in [0.25, 0.3) is 0 Å². The largest absolute Gasteiger partial charge is 0.379 e. The lowest BCUT2D eigenvalue weighted by Gasteiger charge is -2.27. The Morgan fingerprint density at radius 2 is 1.92 bits per heavy atom. The standard InChI is InChI=1S/C20H30N4O/c1-15(2)13-19-17-6-4-3-5-16(17)18(14-21)20(23-19)22-7-8-24-9-11-25-12-10-24/h15H,3-13H2,1-2H3,(H,22,23). The van der Waals surface area contributed by atoms with Gasteiger partial charge < -0.3 is 10.1 Å². The molecule has 0 radical (unpaired) electrons. The van der Waals surface area contributed by atoms with Crippen LogP contribution in [0.3, 0.4) is 0 Å². The van der Waals surface area contributed by atoms with E-state index in [1.54, 1.807) is 0 Å². The van der Waals surface area contributed by atoms with E-state index in [-0.39, 0.29) is 0 Å². The minimum Gasteiger partial charge on any atom is -0.379 e. The molecule has 3 rings (SSSR count). The predicted molar refractivity (Wildman–Crippen MR) is 99.9 cm³/mol. The van der Waals surface area contributed by atoms with Crippen LogP contribution in [0.2, 0.25) is 0 Å². The van der Waals surface area contributed by atoms with E-state index < -0.39 is 0 Å². The van der Waals surface area contributed by atoms with Crippen molar-refractivity contribution in [1.29, 1.82) is 5.26 Å². The van der Waals surface area contributed by atoms with Crippen LogP contribution >= 0.6 is 0 Å². The highest BCUT2D eigenvalue weighted by atomic mass is 16.5. The summed E-state index contributed by atoms with van der Waals surface area (Å²) >= 11 is 0. The summed E-state index contributed by atoms with van der Waals surface area (Å²) in [5, 5.41) is 13.2. The summed E-state index contributed by atoms with van der Waals surface area (Å²) < 4.78 is 5.40. The van der Waals surface area contributed by atoms with E-state index in [2.05, 4.69) is 30.1 Å². The summed E-state index contributed by atoms with van der Waals surface area (Å²) in [6.07, 6.45) is 5.48. The van der Waals surface area contributed by atoms with Crippen LogP contribution in [0.5, 0.6) is 0 Å². The van der Waals surface area contributed by atoms with Crippen LogP contribution in [0.15, 0.2) is 0 Å². The molecule has 1 saturated heterocycles. The zero-order chi connectivity index (χ0) is 17.6. The maximum atomic E-state index is 9.74. The van der Waals surface area contributed by atoms with Gasteiger partial charge in [0, 0.05) is 31.9 Å². The van der Waals surface area contributed by atoms with Crippen LogP contribution in [-0.4, -0.2) is 49.3 Å². The first kappa shape index (κ1) is 18.2. The van der Waals surface area contributed by atoms with Crippen molar-refractivity contribution in [3.05, 3.63) is 22.4 Å². The number of ether oxygens (including phenoxy) is 1. The fraction of sp³-hybridized carbons (Fsp3) is 0.700. The molecule has 2 heterocycles. The molecule has 5 heteroatoms. The van der Waals surface area contributed by atoms with Crippen molar-refractivity contribution >= 4 is 5.82 Å². The number of anilines is 1. The van der Waals surface area contributed by atoms with Crippen molar-refractivity contribution < 1.29 is 4.74 Å². The second-order valence-electron chi connectivity index (χ2n) is 7.54. The molecule has 0 bridgehead atoms. The lowest BCUT2D eigenvalue weighted by atomic mass is 9.86. The van der Waals surface area contributed by atoms with E-state index in [1.165, 1.54) is 29.7 Å². The lowest BCUT2D eigenvalue weighted by Crippen LogP contribution is -2.39. The van der Waals surface area contributed by atoms with Crippen LogP contribution in [0.1, 0.15) is 49.1 Å². The number of rotatable bonds is 6. The van der Waals surface area contributed by atoms with Crippen molar-refractivity contribution in [2.24, 2.45) is 5.92 Å². The average molecular weight is 342 g/mol. The third kappa shape index (κ3) is 4.50. The first-order chi connectivity index (χ1) is 12.2. The smallest absolute Gasteiger partial charge is 0.144 e. The van der Waals surface area contributed by atoms with Gasteiger partial charge in [-0.05, 0) is 49.1 Å². The Kier molecular flexibility index (Phi) is 6.28. The number of morpholine rings is 1. The normalized spacial score (nSPS) is 18.0. The molecule has 1 fully saturated rings. The maximum Gasteiger partial charge on any atom is 0.144 e. The fourth-order valence-electron chi connectivity index (χ4n) is 3.86. The quantitative estimate of drug-likeness (QED) is 0.861. The number of pyridine rings is 1. The van der Waals surface area contributed by atoms with Gasteiger partial charge in [0.15, 0.2) is 0 Å². The van der Waals surface area contributed by atoms with Crippen molar-refractivity contribution in [2.75, 3.05) is 44.7 Å². The van der Waals surface area contributed by atoms with E-state index in [4.69, 9.17) is 9.72 Å². The highest BCUT2D eigenvalue weighted by Crippen LogP contribution is 2.31. The van der Waals surface area contributed by atoms with E-state index in [0.717, 1.165) is 70.0 Å². The second-order valence-corrected chi connectivity index (χ2v) is 7.54. The third-order valence-corrected chi connectivity index (χ3v) is 5.14. The number of hydrogen-bond donors (Lipinski definition) is 1. The van der Waals surface area contributed by atoms with Gasteiger partial charge in [-0.15, -0.1) is 0 Å². The molecule has 136 valence electrons. The molecule has 5 nitrogen and oxygen atoms in total. The molecule has 0 unspecified atom stereocenters. The molecular weight excluding hydrogens is 312 g/mol. The van der Waals surface area contributed by atoms with Crippen LogP contribution in [-0.2, 0) is 24.0 Å². The van der Waals surface area contributed by atoms with E-state index in [1.807, 2.05) is 0 Å². The SMILES string of the molecule is CC(C)Cc1nc(NCCN2CCOCC2)c(C#N)c2c1CCCC2. The van der Waals surface area contributed by atoms with Gasteiger partial charge in [0.1, 0.15) is 11.9 Å². The highest BCUT2D eigenvalue weighted by Gasteiger charge is 2.22. The summed E-state index contributed by atoms with van der Waals surface area (Å²) in [5.74, 6) is 1.37. The molecule has 1 aliphatic carbocycles. The van der Waals surface area contributed by atoms with Gasteiger partial charge in [-0.3, -0.25) is 4.90 Å². The molecule has 1 N–H and O–H groups in total. The Morgan fingerprint density at radius 1 is 1.20 bits per heavy atom. The second kappa shape index (κ2) is 8.64. The van der Waals surface area contributed by atoms with Crippen molar-refractivity contribution in [2.45, 2.75) is 46.0 Å². The summed E-state index contributed by atoms with van der Waals surface area (Å²) in [7, 11) is 0. The summed E-state index contributed by atoms with van der Waals surface area (Å²) in [5.41, 5.74) is 4.60. The third-order valence-electron chi connectivity index (χ3n) is 5.14. The maximum absolute atomic E-state index is 9.74. The van der Waals surface area contributed by atoms with Gasteiger partial charge in [-0.2, -0.15) is 5.26 Å². The number of nitrogens with one attached hydrogen (secondary N) is 1. The number of aromatic nitrogens is 1. The number of nitrogens with zero attached hydrogens (tertiary/aromatic N) is 3. The molecule has 1 aromatic rings. The van der Waals surface area contributed by atoms with Gasteiger partial charge in [-0.1, -0.05) is 13.8 Å². The first-order valence-electron chi connectivity index (χ1n) is 9.67. The van der Waals surface area contributed by atoms with E-state index in [9.17, 15) is 5.26 Å². The summed E-state index contributed by atoms with van der Waals surface area (Å²) in [6, 6.07) is 2.43. The minimum atomic E-state index is 0.577. The van der Waals surface area contributed by atoms with Gasteiger partial charge >= 0.3 is 0 Å². The average Bonchev–Trinajstić information content (AvgIpc) is 2.62. The lowest BCUT2D eigenvalue weighted by molar-refractivity contribution is 0.0398. The minimum absolute atomic E-state index is 0.577. The Labute approximate surface area is 151 Å². The number of nitriles is 1. The molecule has 0 spiro atoms. The van der Waals surface area contributed by atoms with Gasteiger partial charge in [0.25, 0.3) is 0 Å². The molecule has 25 heavy (non-hydrogen) atoms. The van der Waals surface area contributed by atoms with Crippen LogP contribution in [0, 0.1) is 17.2 Å². The number of fused-ring (bicyclic) bond motifs is 1. The summed E-state index contributed by atoms with van der Waals surface area (Å²) in [6.45, 7) is 9.87. The molecule has 1 aromatic heterocycles. The molecule has 0 atom stereocenters. The molecule has 0 aromatic carbocycles. The molecular formula is C20H30N4O. The zero-order valence-electron chi connectivity index (χ0n) is 15.6. The fourth-order valence-corrected chi connectivity index (χ4v) is 3.86. The first-order valence-corrected chi connectivity index (χ1v) is 9.67. The van der Waals surface area contributed by atoms with Crippen molar-refractivity contribution in [3.63, 3.8) is 0 Å². The van der Waals surface area contributed by atoms with E-state index in [0.29, 0.717) is 5.92 Å². The van der Waals surface area contributed by atoms with Gasteiger partial charge in [-0.25, -0.2) is 4.98 Å². The van der Waals surface area contributed by atoms with Gasteiger partial charge in [0.05, 0.1) is 18.8 Å². The van der Waals surface area contributed by atoms with Crippen LogP contribution < -0.4 is 5.32 Å². The van der Waals surface area contributed by atoms with Crippen LogP contribution in [0.4, 0.5) is 5.82 Å². The Balaban J connectivity index is 1.78. The van der Waals surface area contributed by atoms with E-state index >= 15 is 0 Å².